The van der Waals surface area contributed by atoms with Crippen LogP contribution in [0.5, 0.6) is 0 Å². The van der Waals surface area contributed by atoms with E-state index in [1.54, 1.807) is 24.3 Å². The molecule has 2 aromatic carbocycles. The molecule has 2 N–H and O–H groups in total. The summed E-state index contributed by atoms with van der Waals surface area (Å²) in [5.74, 6) is -0.391. The molecular formula is C18H20N2O3S. The zero-order valence-corrected chi connectivity index (χ0v) is 14.0. The molecule has 0 saturated carbocycles. The van der Waals surface area contributed by atoms with E-state index in [-0.39, 0.29) is 17.9 Å². The summed E-state index contributed by atoms with van der Waals surface area (Å²) < 4.78 is 27.5. The van der Waals surface area contributed by atoms with E-state index < -0.39 is 22.0 Å². The van der Waals surface area contributed by atoms with Crippen LogP contribution in [0, 0.1) is 0 Å². The monoisotopic (exact) mass is 344 g/mol. The maximum atomic E-state index is 12.5. The van der Waals surface area contributed by atoms with Crippen molar-refractivity contribution in [1.29, 1.82) is 0 Å². The predicted molar refractivity (Wildman–Crippen MR) is 93.9 cm³/mol. The Bertz CT molecular complexity index is 774. The normalized spacial score (nSPS) is 12.3. The molecule has 0 radical (unpaired) electrons. The molecule has 0 aliphatic carbocycles. The lowest BCUT2D eigenvalue weighted by molar-refractivity contribution is -0.122. The first-order chi connectivity index (χ1) is 11.5. The molecule has 0 aliphatic heterocycles. The van der Waals surface area contributed by atoms with Crippen LogP contribution in [-0.2, 0) is 21.2 Å². The number of sulfonamides is 1. The second kappa shape index (κ2) is 8.42. The van der Waals surface area contributed by atoms with E-state index in [2.05, 4.69) is 16.6 Å². The first-order valence-corrected chi connectivity index (χ1v) is 9.01. The minimum absolute atomic E-state index is 0.125. The van der Waals surface area contributed by atoms with Gasteiger partial charge in [-0.25, -0.2) is 8.42 Å². The molecule has 0 saturated heterocycles. The van der Waals surface area contributed by atoms with Crippen molar-refractivity contribution in [2.75, 3.05) is 6.54 Å². The van der Waals surface area contributed by atoms with Crippen LogP contribution in [0.15, 0.2) is 78.2 Å². The van der Waals surface area contributed by atoms with Gasteiger partial charge in [0, 0.05) is 6.54 Å². The van der Waals surface area contributed by atoms with Crippen LogP contribution in [0.1, 0.15) is 5.56 Å². The van der Waals surface area contributed by atoms with E-state index in [4.69, 9.17) is 0 Å². The summed E-state index contributed by atoms with van der Waals surface area (Å²) in [6, 6.07) is 16.3. The Morgan fingerprint density at radius 1 is 1.04 bits per heavy atom. The number of rotatable bonds is 8. The molecule has 1 atom stereocenters. The third-order valence-corrected chi connectivity index (χ3v) is 4.86. The lowest BCUT2D eigenvalue weighted by atomic mass is 10.1. The van der Waals surface area contributed by atoms with E-state index in [9.17, 15) is 13.2 Å². The van der Waals surface area contributed by atoms with Crippen LogP contribution in [0.2, 0.25) is 0 Å². The van der Waals surface area contributed by atoms with E-state index in [0.717, 1.165) is 5.56 Å². The van der Waals surface area contributed by atoms with Gasteiger partial charge in [-0.15, -0.1) is 6.58 Å². The van der Waals surface area contributed by atoms with Gasteiger partial charge < -0.3 is 5.32 Å². The van der Waals surface area contributed by atoms with Crippen LogP contribution >= 0.6 is 0 Å². The second-order valence-electron chi connectivity index (χ2n) is 5.21. The third-order valence-electron chi connectivity index (χ3n) is 3.37. The van der Waals surface area contributed by atoms with Crippen molar-refractivity contribution >= 4 is 15.9 Å². The van der Waals surface area contributed by atoms with Crippen molar-refractivity contribution in [1.82, 2.24) is 10.0 Å². The number of benzene rings is 2. The molecular weight excluding hydrogens is 324 g/mol. The standard InChI is InChI=1S/C18H20N2O3S/c1-2-13-19-18(21)17(14-15-9-5-3-6-10-15)20-24(22,23)16-11-7-4-8-12-16/h2-12,17,20H,1,13-14H2,(H,19,21)/t17-/m1/s1. The molecule has 0 aromatic heterocycles. The highest BCUT2D eigenvalue weighted by Crippen LogP contribution is 2.11. The lowest BCUT2D eigenvalue weighted by Crippen LogP contribution is -2.47. The Hall–Kier alpha value is -2.44. The maximum absolute atomic E-state index is 12.5. The van der Waals surface area contributed by atoms with Gasteiger partial charge in [-0.1, -0.05) is 54.6 Å². The summed E-state index contributed by atoms with van der Waals surface area (Å²) in [4.78, 5) is 12.5. The Kier molecular flexibility index (Phi) is 6.28. The second-order valence-corrected chi connectivity index (χ2v) is 6.92. The Balaban J connectivity index is 2.22. The summed E-state index contributed by atoms with van der Waals surface area (Å²) in [6.07, 6.45) is 1.80. The van der Waals surface area contributed by atoms with Crippen molar-refractivity contribution in [3.8, 4) is 0 Å². The molecule has 0 heterocycles. The van der Waals surface area contributed by atoms with Gasteiger partial charge in [-0.3, -0.25) is 4.79 Å². The van der Waals surface area contributed by atoms with Crippen molar-refractivity contribution in [2.24, 2.45) is 0 Å². The van der Waals surface area contributed by atoms with Crippen molar-refractivity contribution in [3.05, 3.63) is 78.9 Å². The summed E-state index contributed by atoms with van der Waals surface area (Å²) in [5.41, 5.74) is 0.868. The van der Waals surface area contributed by atoms with Crippen LogP contribution < -0.4 is 10.0 Å². The van der Waals surface area contributed by atoms with Crippen molar-refractivity contribution in [2.45, 2.75) is 17.4 Å². The Labute approximate surface area is 142 Å². The third kappa shape index (κ3) is 5.04. The van der Waals surface area contributed by atoms with Crippen molar-refractivity contribution in [3.63, 3.8) is 0 Å². The Morgan fingerprint density at radius 2 is 1.62 bits per heavy atom. The molecule has 0 spiro atoms. The number of amides is 1. The zero-order valence-electron chi connectivity index (χ0n) is 13.2. The van der Waals surface area contributed by atoms with Gasteiger partial charge in [0.2, 0.25) is 15.9 Å². The highest BCUT2D eigenvalue weighted by molar-refractivity contribution is 7.89. The number of nitrogens with one attached hydrogen (secondary N) is 2. The molecule has 1 amide bonds. The molecule has 0 aliphatic rings. The fourth-order valence-corrected chi connectivity index (χ4v) is 3.41. The molecule has 6 heteroatoms. The minimum Gasteiger partial charge on any atom is -0.351 e. The first-order valence-electron chi connectivity index (χ1n) is 7.53. The van der Waals surface area contributed by atoms with Crippen LogP contribution in [0.3, 0.4) is 0 Å². The lowest BCUT2D eigenvalue weighted by Gasteiger charge is -2.18. The van der Waals surface area contributed by atoms with Gasteiger partial charge in [0.15, 0.2) is 0 Å². The molecule has 0 fully saturated rings. The summed E-state index contributed by atoms with van der Waals surface area (Å²) in [5, 5.41) is 2.64. The van der Waals surface area contributed by atoms with Crippen LogP contribution in [0.25, 0.3) is 0 Å². The van der Waals surface area contributed by atoms with Crippen LogP contribution in [0.4, 0.5) is 0 Å². The molecule has 2 rings (SSSR count). The van der Waals surface area contributed by atoms with Crippen LogP contribution in [-0.4, -0.2) is 26.9 Å². The summed E-state index contributed by atoms with van der Waals surface area (Å²) in [7, 11) is -3.79. The molecule has 0 unspecified atom stereocenters. The van der Waals surface area contributed by atoms with E-state index in [1.807, 2.05) is 30.3 Å². The summed E-state index contributed by atoms with van der Waals surface area (Å²) in [6.45, 7) is 3.82. The van der Waals surface area contributed by atoms with Gasteiger partial charge in [-0.05, 0) is 24.1 Å². The highest BCUT2D eigenvalue weighted by Gasteiger charge is 2.25. The molecule has 24 heavy (non-hydrogen) atoms. The topological polar surface area (TPSA) is 75.3 Å². The first kappa shape index (κ1) is 17.9. The minimum atomic E-state index is -3.79. The quantitative estimate of drug-likeness (QED) is 0.718. The predicted octanol–water partition coefficient (Wildman–Crippen LogP) is 1.88. The molecule has 2 aromatic rings. The maximum Gasteiger partial charge on any atom is 0.241 e. The van der Waals surface area contributed by atoms with Gasteiger partial charge in [0.1, 0.15) is 6.04 Å². The van der Waals surface area contributed by atoms with Gasteiger partial charge >= 0.3 is 0 Å². The molecule has 5 nitrogen and oxygen atoms in total. The highest BCUT2D eigenvalue weighted by atomic mass is 32.2. The smallest absolute Gasteiger partial charge is 0.241 e. The summed E-state index contributed by atoms with van der Waals surface area (Å²) >= 11 is 0. The molecule has 126 valence electrons. The van der Waals surface area contributed by atoms with E-state index >= 15 is 0 Å². The van der Waals surface area contributed by atoms with Gasteiger partial charge in [0.25, 0.3) is 0 Å². The largest absolute Gasteiger partial charge is 0.351 e. The van der Waals surface area contributed by atoms with Gasteiger partial charge in [-0.2, -0.15) is 4.72 Å². The number of carbonyl (C=O) groups excluding carboxylic acids is 1. The fourth-order valence-electron chi connectivity index (χ4n) is 2.19. The average molecular weight is 344 g/mol. The van der Waals surface area contributed by atoms with E-state index in [1.165, 1.54) is 12.1 Å². The zero-order chi connectivity index (χ0) is 17.4. The van der Waals surface area contributed by atoms with E-state index in [0.29, 0.717) is 0 Å². The average Bonchev–Trinajstić information content (AvgIpc) is 2.60. The van der Waals surface area contributed by atoms with Crippen molar-refractivity contribution < 1.29 is 13.2 Å². The Morgan fingerprint density at radius 3 is 2.21 bits per heavy atom. The fraction of sp³-hybridized carbons (Fsp3) is 0.167. The van der Waals surface area contributed by atoms with Gasteiger partial charge in [0.05, 0.1) is 4.90 Å². The SMILES string of the molecule is C=CCNC(=O)[C@@H](Cc1ccccc1)NS(=O)(=O)c1ccccc1. The molecule has 0 bridgehead atoms. The number of hydrogen-bond donors (Lipinski definition) is 2. The number of carbonyl (C=O) groups is 1. The number of hydrogen-bond acceptors (Lipinski definition) is 3.